The summed E-state index contributed by atoms with van der Waals surface area (Å²) in [5.74, 6) is -1.63. The van der Waals surface area contributed by atoms with Gasteiger partial charge in [0.25, 0.3) is 0 Å². The summed E-state index contributed by atoms with van der Waals surface area (Å²) in [7, 11) is 0. The third-order valence-corrected chi connectivity index (χ3v) is 2.90. The Morgan fingerprint density at radius 1 is 1.50 bits per heavy atom. The second kappa shape index (κ2) is 5.69. The molecule has 0 aliphatic heterocycles. The fourth-order valence-corrected chi connectivity index (χ4v) is 1.83. The average Bonchev–Trinajstić information content (AvgIpc) is 2.29. The van der Waals surface area contributed by atoms with Gasteiger partial charge in [0.05, 0.1) is 0 Å². The zero-order valence-corrected chi connectivity index (χ0v) is 10.5. The third kappa shape index (κ3) is 3.11. The number of carboxylic acids is 1. The van der Waals surface area contributed by atoms with E-state index in [0.717, 1.165) is 12.5 Å². The van der Waals surface area contributed by atoms with Crippen molar-refractivity contribution in [2.24, 2.45) is 5.92 Å². The van der Waals surface area contributed by atoms with Gasteiger partial charge >= 0.3 is 5.97 Å². The molecule has 0 aromatic heterocycles. The predicted molar refractivity (Wildman–Crippen MR) is 69.1 cm³/mol. The van der Waals surface area contributed by atoms with E-state index < -0.39 is 17.5 Å². The molecule has 1 aliphatic carbocycles. The minimum atomic E-state index is -1.42. The van der Waals surface area contributed by atoms with Crippen LogP contribution in [-0.4, -0.2) is 26.9 Å². The third-order valence-electron chi connectivity index (χ3n) is 2.90. The molecule has 0 saturated carbocycles. The summed E-state index contributed by atoms with van der Waals surface area (Å²) in [5, 5.41) is 28.6. The van der Waals surface area contributed by atoms with E-state index in [1.165, 1.54) is 19.1 Å². The first-order valence-corrected chi connectivity index (χ1v) is 5.81. The van der Waals surface area contributed by atoms with Gasteiger partial charge in [0.1, 0.15) is 11.4 Å². The Balaban J connectivity index is 3.12. The number of allylic oxidation sites excluding steroid dienone is 4. The number of rotatable bonds is 4. The summed E-state index contributed by atoms with van der Waals surface area (Å²) in [6.45, 7) is 3.46. The Kier molecular flexibility index (Phi) is 4.50. The molecular formula is C14H18O4. The summed E-state index contributed by atoms with van der Waals surface area (Å²) in [4.78, 5) is 10.5. The molecule has 4 heteroatoms. The van der Waals surface area contributed by atoms with E-state index in [0.29, 0.717) is 5.57 Å². The zero-order valence-electron chi connectivity index (χ0n) is 10.5. The minimum absolute atomic E-state index is 0.124. The number of carbonyl (C=O) groups is 1. The highest BCUT2D eigenvalue weighted by atomic mass is 16.4. The van der Waals surface area contributed by atoms with Gasteiger partial charge in [-0.2, -0.15) is 0 Å². The van der Waals surface area contributed by atoms with E-state index in [2.05, 4.69) is 0 Å². The molecule has 1 rings (SSSR count). The molecule has 0 bridgehead atoms. The number of carboxylic acid groups (broad SMARTS) is 1. The van der Waals surface area contributed by atoms with Crippen molar-refractivity contribution in [1.29, 1.82) is 0 Å². The highest BCUT2D eigenvalue weighted by molar-refractivity contribution is 5.80. The highest BCUT2D eigenvalue weighted by Gasteiger charge is 2.37. The molecule has 18 heavy (non-hydrogen) atoms. The van der Waals surface area contributed by atoms with Crippen LogP contribution >= 0.6 is 0 Å². The van der Waals surface area contributed by atoms with Gasteiger partial charge in [-0.05, 0) is 25.0 Å². The van der Waals surface area contributed by atoms with Gasteiger partial charge in [-0.25, -0.2) is 4.79 Å². The SMILES string of the molecule is CCC=CC1C(/C=C/C(=O)O)=CC=C(O)C1(C)O. The minimum Gasteiger partial charge on any atom is -0.509 e. The van der Waals surface area contributed by atoms with E-state index in [4.69, 9.17) is 5.11 Å². The summed E-state index contributed by atoms with van der Waals surface area (Å²) >= 11 is 0. The first kappa shape index (κ1) is 14.3. The quantitative estimate of drug-likeness (QED) is 0.528. The maximum absolute atomic E-state index is 10.5. The van der Waals surface area contributed by atoms with E-state index in [1.54, 1.807) is 12.2 Å². The van der Waals surface area contributed by atoms with Gasteiger partial charge in [0.2, 0.25) is 0 Å². The Morgan fingerprint density at radius 3 is 2.72 bits per heavy atom. The first-order valence-electron chi connectivity index (χ1n) is 5.81. The number of aliphatic hydroxyl groups is 2. The summed E-state index contributed by atoms with van der Waals surface area (Å²) in [5.41, 5.74) is -0.775. The van der Waals surface area contributed by atoms with Crippen LogP contribution in [0.25, 0.3) is 0 Å². The van der Waals surface area contributed by atoms with Gasteiger partial charge in [-0.1, -0.05) is 31.2 Å². The van der Waals surface area contributed by atoms with Crippen LogP contribution in [0.1, 0.15) is 20.3 Å². The monoisotopic (exact) mass is 250 g/mol. The van der Waals surface area contributed by atoms with Crippen molar-refractivity contribution >= 4 is 5.97 Å². The molecule has 0 heterocycles. The second-order valence-corrected chi connectivity index (χ2v) is 4.35. The van der Waals surface area contributed by atoms with E-state index >= 15 is 0 Å². The van der Waals surface area contributed by atoms with Crippen LogP contribution in [-0.2, 0) is 4.79 Å². The molecule has 0 aromatic rings. The maximum atomic E-state index is 10.5. The summed E-state index contributed by atoms with van der Waals surface area (Å²) in [6, 6.07) is 0. The van der Waals surface area contributed by atoms with Crippen LogP contribution in [0.4, 0.5) is 0 Å². The number of aliphatic carboxylic acids is 1. The fourth-order valence-electron chi connectivity index (χ4n) is 1.83. The topological polar surface area (TPSA) is 77.8 Å². The van der Waals surface area contributed by atoms with Crippen LogP contribution in [0.5, 0.6) is 0 Å². The van der Waals surface area contributed by atoms with Crippen LogP contribution in [0, 0.1) is 5.92 Å². The van der Waals surface area contributed by atoms with Crippen molar-refractivity contribution in [2.45, 2.75) is 25.9 Å². The van der Waals surface area contributed by atoms with Gasteiger partial charge in [-0.3, -0.25) is 0 Å². The smallest absolute Gasteiger partial charge is 0.328 e. The Labute approximate surface area is 106 Å². The van der Waals surface area contributed by atoms with Crippen molar-refractivity contribution in [3.8, 4) is 0 Å². The van der Waals surface area contributed by atoms with Crippen molar-refractivity contribution in [3.05, 3.63) is 47.8 Å². The van der Waals surface area contributed by atoms with E-state index in [9.17, 15) is 15.0 Å². The summed E-state index contributed by atoms with van der Waals surface area (Å²) in [6.07, 6.45) is 9.90. The molecule has 0 saturated heterocycles. The van der Waals surface area contributed by atoms with Gasteiger partial charge in [0, 0.05) is 12.0 Å². The lowest BCUT2D eigenvalue weighted by Gasteiger charge is -2.33. The molecule has 4 nitrogen and oxygen atoms in total. The van der Waals surface area contributed by atoms with Crippen molar-refractivity contribution in [1.82, 2.24) is 0 Å². The van der Waals surface area contributed by atoms with Gasteiger partial charge in [-0.15, -0.1) is 0 Å². The highest BCUT2D eigenvalue weighted by Crippen LogP contribution is 2.35. The van der Waals surface area contributed by atoms with E-state index in [-0.39, 0.29) is 5.76 Å². The Morgan fingerprint density at radius 2 is 2.17 bits per heavy atom. The van der Waals surface area contributed by atoms with Crippen LogP contribution in [0.3, 0.4) is 0 Å². The number of aliphatic hydroxyl groups excluding tert-OH is 1. The standard InChI is InChI=1S/C14H18O4/c1-3-4-5-11-10(7-9-13(16)17)6-8-12(15)14(11,2)18/h4-9,11,15,18H,3H2,1-2H3,(H,16,17)/b5-4?,9-7+. The lowest BCUT2D eigenvalue weighted by molar-refractivity contribution is -0.131. The van der Waals surface area contributed by atoms with Crippen molar-refractivity contribution in [2.75, 3.05) is 0 Å². The predicted octanol–water partition coefficient (Wildman–Crippen LogP) is 2.34. The van der Waals surface area contributed by atoms with Crippen LogP contribution in [0.2, 0.25) is 0 Å². The second-order valence-electron chi connectivity index (χ2n) is 4.35. The molecular weight excluding hydrogens is 232 g/mol. The summed E-state index contributed by atoms with van der Waals surface area (Å²) < 4.78 is 0. The maximum Gasteiger partial charge on any atom is 0.328 e. The zero-order chi connectivity index (χ0) is 13.8. The largest absolute Gasteiger partial charge is 0.509 e. The van der Waals surface area contributed by atoms with Crippen LogP contribution in [0.15, 0.2) is 47.8 Å². The molecule has 0 amide bonds. The fraction of sp³-hybridized carbons (Fsp3) is 0.357. The van der Waals surface area contributed by atoms with Crippen molar-refractivity contribution in [3.63, 3.8) is 0 Å². The van der Waals surface area contributed by atoms with Gasteiger partial charge < -0.3 is 15.3 Å². The van der Waals surface area contributed by atoms with Crippen LogP contribution < -0.4 is 0 Å². The van der Waals surface area contributed by atoms with Gasteiger partial charge in [0.15, 0.2) is 0 Å². The Bertz CT molecular complexity index is 439. The number of hydrogen-bond donors (Lipinski definition) is 3. The molecule has 2 atom stereocenters. The number of hydrogen-bond acceptors (Lipinski definition) is 3. The molecule has 0 aromatic carbocycles. The Hall–Kier alpha value is -1.81. The molecule has 1 aliphatic rings. The molecule has 3 N–H and O–H groups in total. The molecule has 98 valence electrons. The average molecular weight is 250 g/mol. The lowest BCUT2D eigenvalue weighted by Crippen LogP contribution is -2.38. The molecule has 0 fully saturated rings. The normalized spacial score (nSPS) is 28.5. The van der Waals surface area contributed by atoms with Crippen molar-refractivity contribution < 1.29 is 20.1 Å². The first-order chi connectivity index (χ1) is 8.39. The molecule has 2 unspecified atom stereocenters. The lowest BCUT2D eigenvalue weighted by atomic mass is 9.77. The molecule has 0 spiro atoms. The molecule has 0 radical (unpaired) electrons. The van der Waals surface area contributed by atoms with E-state index in [1.807, 2.05) is 13.0 Å².